The molecule has 0 fully saturated rings. The molecule has 0 unspecified atom stereocenters. The van der Waals surface area contributed by atoms with Gasteiger partial charge in [0.15, 0.2) is 5.82 Å². The van der Waals surface area contributed by atoms with Gasteiger partial charge in [-0.1, -0.05) is 22.9 Å². The van der Waals surface area contributed by atoms with Gasteiger partial charge in [-0.15, -0.1) is 0 Å². The number of benzene rings is 2. The fourth-order valence-corrected chi connectivity index (χ4v) is 4.01. The van der Waals surface area contributed by atoms with Crippen molar-refractivity contribution in [2.75, 3.05) is 16.6 Å². The molecule has 0 saturated heterocycles. The van der Waals surface area contributed by atoms with Crippen LogP contribution in [0, 0.1) is 30.9 Å². The molecule has 3 rings (SSSR count). The lowest BCUT2D eigenvalue weighted by Gasteiger charge is -2.12. The van der Waals surface area contributed by atoms with Crippen LogP contribution in [0.3, 0.4) is 0 Å². The lowest BCUT2D eigenvalue weighted by molar-refractivity contribution is -0.384. The van der Waals surface area contributed by atoms with Crippen LogP contribution in [-0.4, -0.2) is 30.0 Å². The van der Waals surface area contributed by atoms with Crippen LogP contribution >= 0.6 is 0 Å². The monoisotopic (exact) mass is 431 g/mol. The minimum atomic E-state index is -4.00. The number of hydrogen-bond donors (Lipinski definition) is 2. The van der Waals surface area contributed by atoms with Crippen LogP contribution in [0.25, 0.3) is 0 Å². The highest BCUT2D eigenvalue weighted by molar-refractivity contribution is 7.92. The minimum Gasteiger partial charge on any atom is -0.379 e. The van der Waals surface area contributed by atoms with Gasteiger partial charge in [-0.2, -0.15) is 4.98 Å². The summed E-state index contributed by atoms with van der Waals surface area (Å²) in [5.41, 5.74) is 2.02. The summed E-state index contributed by atoms with van der Waals surface area (Å²) in [5.74, 6) is 0.904. The van der Waals surface area contributed by atoms with Gasteiger partial charge in [0.05, 0.1) is 15.5 Å². The van der Waals surface area contributed by atoms with Crippen LogP contribution in [0.2, 0.25) is 0 Å². The highest BCUT2D eigenvalue weighted by Gasteiger charge is 2.22. The molecular formula is C19H21N5O5S. The molecule has 2 aromatic carbocycles. The predicted molar refractivity (Wildman–Crippen MR) is 111 cm³/mol. The minimum absolute atomic E-state index is 0.196. The Morgan fingerprint density at radius 1 is 1.10 bits per heavy atom. The number of aryl methyl sites for hydroxylation is 3. The van der Waals surface area contributed by atoms with E-state index in [1.807, 2.05) is 13.0 Å². The van der Waals surface area contributed by atoms with Crippen molar-refractivity contribution in [3.05, 3.63) is 69.4 Å². The molecule has 0 spiro atoms. The van der Waals surface area contributed by atoms with Gasteiger partial charge in [0.25, 0.3) is 15.7 Å². The predicted octanol–water partition coefficient (Wildman–Crippen LogP) is 3.36. The van der Waals surface area contributed by atoms with E-state index in [-0.39, 0.29) is 16.3 Å². The largest absolute Gasteiger partial charge is 0.379 e. The molecule has 10 nitrogen and oxygen atoms in total. The normalized spacial score (nSPS) is 11.3. The lowest BCUT2D eigenvalue weighted by Crippen LogP contribution is -2.15. The maximum atomic E-state index is 12.7. The Morgan fingerprint density at radius 2 is 1.83 bits per heavy atom. The zero-order valence-corrected chi connectivity index (χ0v) is 17.5. The van der Waals surface area contributed by atoms with Gasteiger partial charge in [-0.3, -0.25) is 14.8 Å². The van der Waals surface area contributed by atoms with Crippen LogP contribution in [-0.2, 0) is 16.4 Å². The van der Waals surface area contributed by atoms with E-state index in [1.165, 1.54) is 12.1 Å². The molecular weight excluding hydrogens is 410 g/mol. The number of nitro groups is 1. The molecule has 3 aromatic rings. The number of nitrogens with zero attached hydrogens (tertiary/aromatic N) is 3. The molecule has 158 valence electrons. The van der Waals surface area contributed by atoms with Crippen molar-refractivity contribution in [3.8, 4) is 0 Å². The smallest absolute Gasteiger partial charge is 0.293 e. The highest BCUT2D eigenvalue weighted by Crippen LogP contribution is 2.29. The first-order valence-electron chi connectivity index (χ1n) is 9.07. The van der Waals surface area contributed by atoms with Gasteiger partial charge in [-0.25, -0.2) is 8.42 Å². The van der Waals surface area contributed by atoms with E-state index in [9.17, 15) is 18.5 Å². The fraction of sp³-hybridized carbons (Fsp3) is 0.263. The van der Waals surface area contributed by atoms with Gasteiger partial charge < -0.3 is 9.84 Å². The summed E-state index contributed by atoms with van der Waals surface area (Å²) in [6.07, 6.45) is 0.367. The van der Waals surface area contributed by atoms with Crippen molar-refractivity contribution in [1.29, 1.82) is 0 Å². The molecule has 0 amide bonds. The first kappa shape index (κ1) is 21.2. The van der Waals surface area contributed by atoms with Crippen molar-refractivity contribution >= 4 is 27.1 Å². The van der Waals surface area contributed by atoms with E-state index in [1.54, 1.807) is 26.0 Å². The van der Waals surface area contributed by atoms with E-state index in [4.69, 9.17) is 4.52 Å². The number of rotatable bonds is 8. The number of nitrogens with one attached hydrogen (secondary N) is 2. The van der Waals surface area contributed by atoms with Gasteiger partial charge >= 0.3 is 0 Å². The van der Waals surface area contributed by atoms with E-state index >= 15 is 0 Å². The third kappa shape index (κ3) is 4.92. The zero-order chi connectivity index (χ0) is 21.9. The summed E-state index contributed by atoms with van der Waals surface area (Å²) >= 11 is 0. The molecule has 0 atom stereocenters. The van der Waals surface area contributed by atoms with Gasteiger partial charge in [-0.05, 0) is 44.5 Å². The summed E-state index contributed by atoms with van der Waals surface area (Å²) in [5, 5.41) is 18.1. The summed E-state index contributed by atoms with van der Waals surface area (Å²) < 4.78 is 33.0. The quantitative estimate of drug-likeness (QED) is 0.409. The molecule has 0 aliphatic carbocycles. The number of aromatic nitrogens is 2. The van der Waals surface area contributed by atoms with Crippen molar-refractivity contribution in [2.24, 2.45) is 0 Å². The zero-order valence-electron chi connectivity index (χ0n) is 16.7. The Kier molecular flexibility index (Phi) is 6.01. The molecule has 11 heteroatoms. The Balaban J connectivity index is 1.80. The van der Waals surface area contributed by atoms with Crippen molar-refractivity contribution in [3.63, 3.8) is 0 Å². The van der Waals surface area contributed by atoms with E-state index in [0.29, 0.717) is 30.4 Å². The molecule has 0 aliphatic heterocycles. The number of hydrogen-bond acceptors (Lipinski definition) is 8. The standard InChI is InChI=1S/C19H21N5O5S/c1-12-4-6-16(13(2)10-12)23-30(27,28)15-5-7-17(18(11-15)24(25)26)20-9-8-19-21-14(3)22-29-19/h4-7,10-11,20,23H,8-9H2,1-3H3. The Bertz CT molecular complexity index is 1190. The topological polar surface area (TPSA) is 140 Å². The molecule has 0 aliphatic rings. The average molecular weight is 431 g/mol. The van der Waals surface area contributed by atoms with Crippen molar-refractivity contribution in [1.82, 2.24) is 10.1 Å². The van der Waals surface area contributed by atoms with Crippen LogP contribution in [0.4, 0.5) is 17.1 Å². The molecule has 2 N–H and O–H groups in total. The van der Waals surface area contributed by atoms with Crippen LogP contribution in [0.5, 0.6) is 0 Å². The Labute approximate surface area is 173 Å². The van der Waals surface area contributed by atoms with E-state index < -0.39 is 14.9 Å². The van der Waals surface area contributed by atoms with Crippen molar-refractivity contribution < 1.29 is 17.9 Å². The van der Waals surface area contributed by atoms with Gasteiger partial charge in [0.1, 0.15) is 5.69 Å². The number of nitro benzene ring substituents is 1. The summed E-state index contributed by atoms with van der Waals surface area (Å²) in [4.78, 5) is 14.7. The maximum Gasteiger partial charge on any atom is 0.293 e. The number of sulfonamides is 1. The molecule has 0 bridgehead atoms. The van der Waals surface area contributed by atoms with E-state index in [2.05, 4.69) is 20.2 Å². The highest BCUT2D eigenvalue weighted by atomic mass is 32.2. The van der Waals surface area contributed by atoms with Crippen LogP contribution in [0.1, 0.15) is 22.8 Å². The molecule has 1 aromatic heterocycles. The third-order valence-corrected chi connectivity index (χ3v) is 5.69. The molecule has 30 heavy (non-hydrogen) atoms. The first-order valence-corrected chi connectivity index (χ1v) is 10.6. The third-order valence-electron chi connectivity index (χ3n) is 4.33. The Morgan fingerprint density at radius 3 is 2.47 bits per heavy atom. The maximum absolute atomic E-state index is 12.7. The second-order valence-electron chi connectivity index (χ2n) is 6.77. The van der Waals surface area contributed by atoms with Crippen LogP contribution in [0.15, 0.2) is 45.8 Å². The second-order valence-corrected chi connectivity index (χ2v) is 8.45. The van der Waals surface area contributed by atoms with Crippen LogP contribution < -0.4 is 10.0 Å². The average Bonchev–Trinajstić information content (AvgIpc) is 3.09. The Hall–Kier alpha value is -3.47. The molecule has 0 saturated carbocycles. The molecule has 1 heterocycles. The molecule has 0 radical (unpaired) electrons. The van der Waals surface area contributed by atoms with Gasteiger partial charge in [0.2, 0.25) is 5.89 Å². The van der Waals surface area contributed by atoms with E-state index in [0.717, 1.165) is 17.2 Å². The summed E-state index contributed by atoms with van der Waals surface area (Å²) in [7, 11) is -4.00. The fourth-order valence-electron chi connectivity index (χ4n) is 2.86. The second kappa shape index (κ2) is 8.49. The number of anilines is 2. The first-order chi connectivity index (χ1) is 14.2. The van der Waals surface area contributed by atoms with Gasteiger partial charge in [0, 0.05) is 19.0 Å². The van der Waals surface area contributed by atoms with Crippen molar-refractivity contribution in [2.45, 2.75) is 32.1 Å². The SMILES string of the molecule is Cc1ccc(NS(=O)(=O)c2ccc(NCCc3nc(C)no3)c([N+](=O)[O-])c2)c(C)c1. The summed E-state index contributed by atoms with van der Waals surface area (Å²) in [6.45, 7) is 5.68. The summed E-state index contributed by atoms with van der Waals surface area (Å²) in [6, 6.07) is 9.01. The lowest BCUT2D eigenvalue weighted by atomic mass is 10.1.